The molecule has 19 heavy (non-hydrogen) atoms. The molecule has 0 bridgehead atoms. The fourth-order valence-electron chi connectivity index (χ4n) is 1.45. The number of unbranched alkanes of at least 4 members (excludes halogenated alkanes) is 1. The van der Waals surface area contributed by atoms with E-state index >= 15 is 0 Å². The molecule has 0 aromatic rings. The first-order chi connectivity index (χ1) is 9.01. The van der Waals surface area contributed by atoms with Gasteiger partial charge in [-0.3, -0.25) is 4.79 Å². The summed E-state index contributed by atoms with van der Waals surface area (Å²) in [6.45, 7) is 4.48. The minimum Gasteiger partial charge on any atom is -0.480 e. The van der Waals surface area contributed by atoms with Crippen molar-refractivity contribution >= 4 is 17.9 Å². The van der Waals surface area contributed by atoms with Crippen molar-refractivity contribution in [3.8, 4) is 0 Å². The molecule has 4 N–H and O–H groups in total. The van der Waals surface area contributed by atoms with E-state index in [0.29, 0.717) is 13.0 Å². The molecule has 0 heterocycles. The average Bonchev–Trinajstić information content (AvgIpc) is 2.34. The standard InChI is InChI=1S/C12H23N3O4/c1-3-5-6-9(11(17)18)15-12(19)14-8-7-10(16)13-4-2/h9H,3-8H2,1-2H3,(H,13,16)(H,17,18)(H2,14,15,19)/t9-/m0/s1. The molecule has 0 aromatic heterocycles. The predicted octanol–water partition coefficient (Wildman–Crippen LogP) is 0.455. The SMILES string of the molecule is CCCC[C@H](NC(=O)NCCC(=O)NCC)C(=O)O. The topological polar surface area (TPSA) is 108 Å². The van der Waals surface area contributed by atoms with Crippen molar-refractivity contribution in [1.82, 2.24) is 16.0 Å². The summed E-state index contributed by atoms with van der Waals surface area (Å²) in [4.78, 5) is 33.5. The van der Waals surface area contributed by atoms with E-state index in [1.807, 2.05) is 13.8 Å². The van der Waals surface area contributed by atoms with Crippen LogP contribution in [0.15, 0.2) is 0 Å². The monoisotopic (exact) mass is 273 g/mol. The van der Waals surface area contributed by atoms with Crippen LogP contribution in [-0.2, 0) is 9.59 Å². The van der Waals surface area contributed by atoms with E-state index in [2.05, 4.69) is 16.0 Å². The second-order valence-electron chi connectivity index (χ2n) is 4.14. The molecule has 0 fully saturated rings. The van der Waals surface area contributed by atoms with E-state index in [4.69, 9.17) is 5.11 Å². The average molecular weight is 273 g/mol. The van der Waals surface area contributed by atoms with Crippen LogP contribution in [0.4, 0.5) is 4.79 Å². The summed E-state index contributed by atoms with van der Waals surface area (Å²) < 4.78 is 0. The Balaban J connectivity index is 3.93. The molecular formula is C12H23N3O4. The molecule has 0 rings (SSSR count). The molecule has 0 aromatic carbocycles. The van der Waals surface area contributed by atoms with Gasteiger partial charge in [-0.25, -0.2) is 9.59 Å². The fourth-order valence-corrected chi connectivity index (χ4v) is 1.45. The molecule has 0 saturated heterocycles. The molecule has 110 valence electrons. The van der Waals surface area contributed by atoms with Crippen molar-refractivity contribution in [3.63, 3.8) is 0 Å². The summed E-state index contributed by atoms with van der Waals surface area (Å²) in [5.74, 6) is -1.20. The van der Waals surface area contributed by atoms with Crippen molar-refractivity contribution in [3.05, 3.63) is 0 Å². The van der Waals surface area contributed by atoms with Gasteiger partial charge in [0.1, 0.15) is 6.04 Å². The minimum atomic E-state index is -1.05. The maximum Gasteiger partial charge on any atom is 0.326 e. The maximum atomic E-state index is 11.4. The molecule has 0 aliphatic carbocycles. The lowest BCUT2D eigenvalue weighted by atomic mass is 10.1. The molecule has 1 atom stereocenters. The highest BCUT2D eigenvalue weighted by Crippen LogP contribution is 2.00. The Hall–Kier alpha value is -1.79. The quantitative estimate of drug-likeness (QED) is 0.489. The third-order valence-electron chi connectivity index (χ3n) is 2.46. The smallest absolute Gasteiger partial charge is 0.326 e. The summed E-state index contributed by atoms with van der Waals surface area (Å²) in [5.41, 5.74) is 0. The van der Waals surface area contributed by atoms with Gasteiger partial charge >= 0.3 is 12.0 Å². The molecule has 0 aliphatic heterocycles. The van der Waals surface area contributed by atoms with E-state index in [1.165, 1.54) is 0 Å². The van der Waals surface area contributed by atoms with Crippen LogP contribution in [0.1, 0.15) is 39.5 Å². The van der Waals surface area contributed by atoms with Crippen LogP contribution in [0.25, 0.3) is 0 Å². The number of urea groups is 1. The van der Waals surface area contributed by atoms with E-state index in [1.54, 1.807) is 0 Å². The first-order valence-corrected chi connectivity index (χ1v) is 6.55. The van der Waals surface area contributed by atoms with Crippen LogP contribution in [0.2, 0.25) is 0 Å². The number of carbonyl (C=O) groups is 3. The van der Waals surface area contributed by atoms with Crippen molar-refractivity contribution in [1.29, 1.82) is 0 Å². The van der Waals surface area contributed by atoms with Crippen LogP contribution in [-0.4, -0.2) is 42.1 Å². The van der Waals surface area contributed by atoms with Gasteiger partial charge in [0, 0.05) is 19.5 Å². The number of rotatable bonds is 9. The molecule has 0 unspecified atom stereocenters. The summed E-state index contributed by atoms with van der Waals surface area (Å²) in [6.07, 6.45) is 2.17. The molecule has 7 heteroatoms. The molecule has 0 spiro atoms. The Morgan fingerprint density at radius 2 is 1.84 bits per heavy atom. The highest BCUT2D eigenvalue weighted by Gasteiger charge is 2.18. The lowest BCUT2D eigenvalue weighted by molar-refractivity contribution is -0.139. The van der Waals surface area contributed by atoms with Crippen LogP contribution < -0.4 is 16.0 Å². The summed E-state index contributed by atoms with van der Waals surface area (Å²) >= 11 is 0. The third-order valence-corrected chi connectivity index (χ3v) is 2.46. The zero-order chi connectivity index (χ0) is 14.7. The highest BCUT2D eigenvalue weighted by atomic mass is 16.4. The summed E-state index contributed by atoms with van der Waals surface area (Å²) in [5, 5.41) is 16.4. The summed E-state index contributed by atoms with van der Waals surface area (Å²) in [7, 11) is 0. The third kappa shape index (κ3) is 8.87. The van der Waals surface area contributed by atoms with E-state index in [-0.39, 0.29) is 18.9 Å². The number of hydrogen-bond acceptors (Lipinski definition) is 3. The van der Waals surface area contributed by atoms with E-state index < -0.39 is 18.0 Å². The minimum absolute atomic E-state index is 0.149. The lowest BCUT2D eigenvalue weighted by Gasteiger charge is -2.14. The Labute approximate surface area is 113 Å². The number of nitrogens with one attached hydrogen (secondary N) is 3. The van der Waals surface area contributed by atoms with Crippen molar-refractivity contribution in [2.75, 3.05) is 13.1 Å². The predicted molar refractivity (Wildman–Crippen MR) is 70.8 cm³/mol. The Morgan fingerprint density at radius 1 is 1.16 bits per heavy atom. The van der Waals surface area contributed by atoms with E-state index in [9.17, 15) is 14.4 Å². The van der Waals surface area contributed by atoms with E-state index in [0.717, 1.165) is 12.8 Å². The molecule has 0 radical (unpaired) electrons. The van der Waals surface area contributed by atoms with Crippen molar-refractivity contribution in [2.45, 2.75) is 45.6 Å². The number of carboxylic acids is 1. The Morgan fingerprint density at radius 3 is 2.37 bits per heavy atom. The van der Waals surface area contributed by atoms with Gasteiger partial charge in [-0.2, -0.15) is 0 Å². The van der Waals surface area contributed by atoms with Gasteiger partial charge in [-0.1, -0.05) is 19.8 Å². The highest BCUT2D eigenvalue weighted by molar-refractivity contribution is 5.83. The van der Waals surface area contributed by atoms with Crippen LogP contribution >= 0.6 is 0 Å². The molecule has 0 aliphatic rings. The number of carbonyl (C=O) groups excluding carboxylic acids is 2. The number of hydrogen-bond donors (Lipinski definition) is 4. The molecule has 7 nitrogen and oxygen atoms in total. The number of carboxylic acid groups (broad SMARTS) is 1. The molecule has 3 amide bonds. The Kier molecular flexibility index (Phi) is 9.20. The maximum absolute atomic E-state index is 11.4. The first-order valence-electron chi connectivity index (χ1n) is 6.55. The zero-order valence-electron chi connectivity index (χ0n) is 11.5. The number of aliphatic carboxylic acids is 1. The van der Waals surface area contributed by atoms with Gasteiger partial charge in [-0.15, -0.1) is 0 Å². The number of amides is 3. The van der Waals surface area contributed by atoms with Crippen LogP contribution in [0.3, 0.4) is 0 Å². The van der Waals surface area contributed by atoms with Gasteiger partial charge in [0.2, 0.25) is 5.91 Å². The lowest BCUT2D eigenvalue weighted by Crippen LogP contribution is -2.46. The van der Waals surface area contributed by atoms with Gasteiger partial charge < -0.3 is 21.1 Å². The van der Waals surface area contributed by atoms with Crippen molar-refractivity contribution < 1.29 is 19.5 Å². The van der Waals surface area contributed by atoms with Gasteiger partial charge in [-0.05, 0) is 13.3 Å². The first kappa shape index (κ1) is 17.2. The zero-order valence-corrected chi connectivity index (χ0v) is 11.5. The molecular weight excluding hydrogens is 250 g/mol. The van der Waals surface area contributed by atoms with Gasteiger partial charge in [0.05, 0.1) is 0 Å². The normalized spacial score (nSPS) is 11.5. The van der Waals surface area contributed by atoms with Crippen LogP contribution in [0, 0.1) is 0 Å². The molecule has 0 saturated carbocycles. The van der Waals surface area contributed by atoms with Gasteiger partial charge in [0.25, 0.3) is 0 Å². The largest absolute Gasteiger partial charge is 0.480 e. The van der Waals surface area contributed by atoms with Gasteiger partial charge in [0.15, 0.2) is 0 Å². The second-order valence-corrected chi connectivity index (χ2v) is 4.14. The van der Waals surface area contributed by atoms with Crippen molar-refractivity contribution in [2.24, 2.45) is 0 Å². The second kappa shape index (κ2) is 10.2. The van der Waals surface area contributed by atoms with Crippen LogP contribution in [0.5, 0.6) is 0 Å². The summed E-state index contributed by atoms with van der Waals surface area (Å²) in [6, 6.07) is -1.45. The fraction of sp³-hybridized carbons (Fsp3) is 0.750. The Bertz CT molecular complexity index is 307.